The highest BCUT2D eigenvalue weighted by molar-refractivity contribution is 7.73. The Morgan fingerprint density at radius 3 is 1.29 bits per heavy atom. The number of hydrogen-bond acceptors (Lipinski definition) is 0. The summed E-state index contributed by atoms with van der Waals surface area (Å²) in [6.45, 7) is 13.5. The fraction of sp³-hybridized carbons (Fsp3) is 0.400. The van der Waals surface area contributed by atoms with Gasteiger partial charge in [-0.15, -0.1) is 0 Å². The number of benzene rings is 2. The van der Waals surface area contributed by atoms with E-state index in [-0.39, 0.29) is 7.92 Å². The SMILES string of the molecule is Cc1cc(C)cc(P(CC(C)C)c2cc(C)cc(C)c2)c1. The smallest absolute Gasteiger partial charge is 0.0190 e. The summed E-state index contributed by atoms with van der Waals surface area (Å²) in [7, 11) is -0.255. The van der Waals surface area contributed by atoms with Gasteiger partial charge < -0.3 is 0 Å². The minimum absolute atomic E-state index is 0.255. The monoisotopic (exact) mass is 298 g/mol. The molecule has 0 bridgehead atoms. The minimum atomic E-state index is -0.255. The van der Waals surface area contributed by atoms with Crippen LogP contribution in [0.15, 0.2) is 36.4 Å². The third kappa shape index (κ3) is 4.42. The summed E-state index contributed by atoms with van der Waals surface area (Å²) < 4.78 is 0. The molecule has 0 unspecified atom stereocenters. The van der Waals surface area contributed by atoms with Crippen molar-refractivity contribution < 1.29 is 0 Å². The van der Waals surface area contributed by atoms with Crippen molar-refractivity contribution in [3.63, 3.8) is 0 Å². The second kappa shape index (κ2) is 6.75. The maximum absolute atomic E-state index is 2.39. The molecule has 0 N–H and O–H groups in total. The molecule has 0 aliphatic carbocycles. The first-order chi connectivity index (χ1) is 9.85. The molecule has 0 saturated heterocycles. The first kappa shape index (κ1) is 16.2. The average Bonchev–Trinajstić information content (AvgIpc) is 2.33. The lowest BCUT2D eigenvalue weighted by atomic mass is 10.2. The average molecular weight is 298 g/mol. The van der Waals surface area contributed by atoms with Gasteiger partial charge in [-0.25, -0.2) is 0 Å². The van der Waals surface area contributed by atoms with E-state index in [0.29, 0.717) is 0 Å². The van der Waals surface area contributed by atoms with E-state index in [2.05, 4.69) is 77.9 Å². The van der Waals surface area contributed by atoms with Crippen molar-refractivity contribution in [1.82, 2.24) is 0 Å². The van der Waals surface area contributed by atoms with E-state index in [0.717, 1.165) is 5.92 Å². The van der Waals surface area contributed by atoms with E-state index in [1.165, 1.54) is 39.0 Å². The summed E-state index contributed by atoms with van der Waals surface area (Å²) in [4.78, 5) is 0. The van der Waals surface area contributed by atoms with Gasteiger partial charge >= 0.3 is 0 Å². The molecule has 0 amide bonds. The zero-order valence-electron chi connectivity index (χ0n) is 14.2. The van der Waals surface area contributed by atoms with Crippen LogP contribution < -0.4 is 10.6 Å². The van der Waals surface area contributed by atoms with Crippen molar-refractivity contribution in [2.45, 2.75) is 41.5 Å². The molecule has 2 aromatic carbocycles. The van der Waals surface area contributed by atoms with E-state index in [1.54, 1.807) is 0 Å². The largest absolute Gasteiger partial charge is 0.0624 e. The van der Waals surface area contributed by atoms with Crippen LogP contribution in [0.5, 0.6) is 0 Å². The fourth-order valence-electron chi connectivity index (χ4n) is 2.94. The summed E-state index contributed by atoms with van der Waals surface area (Å²) in [5, 5.41) is 3.06. The normalized spacial score (nSPS) is 11.4. The molecule has 1 heteroatoms. The molecule has 21 heavy (non-hydrogen) atoms. The van der Waals surface area contributed by atoms with Crippen LogP contribution in [0.25, 0.3) is 0 Å². The Morgan fingerprint density at radius 1 is 0.667 bits per heavy atom. The third-order valence-electron chi connectivity index (χ3n) is 3.58. The van der Waals surface area contributed by atoms with Crippen molar-refractivity contribution in [1.29, 1.82) is 0 Å². The fourth-order valence-corrected chi connectivity index (χ4v) is 5.83. The van der Waals surface area contributed by atoms with Crippen LogP contribution in [-0.4, -0.2) is 6.16 Å². The molecule has 0 aromatic heterocycles. The standard InChI is InChI=1S/C20H27P/c1-14(2)13-21(19-9-15(3)7-16(4)10-19)20-11-17(5)8-18(6)12-20/h7-12,14H,13H2,1-6H3. The highest BCUT2D eigenvalue weighted by Crippen LogP contribution is 2.37. The lowest BCUT2D eigenvalue weighted by Crippen LogP contribution is -2.18. The topological polar surface area (TPSA) is 0 Å². The summed E-state index contributed by atoms with van der Waals surface area (Å²) in [6, 6.07) is 14.1. The van der Waals surface area contributed by atoms with E-state index < -0.39 is 0 Å². The molecule has 0 fully saturated rings. The van der Waals surface area contributed by atoms with Crippen molar-refractivity contribution >= 4 is 18.5 Å². The number of rotatable bonds is 4. The number of aryl methyl sites for hydroxylation is 4. The molecular weight excluding hydrogens is 271 g/mol. The van der Waals surface area contributed by atoms with Crippen LogP contribution in [0, 0.1) is 33.6 Å². The van der Waals surface area contributed by atoms with Gasteiger partial charge in [-0.2, -0.15) is 0 Å². The van der Waals surface area contributed by atoms with Gasteiger partial charge in [-0.05, 0) is 58.3 Å². The van der Waals surface area contributed by atoms with Crippen LogP contribution in [0.1, 0.15) is 36.1 Å². The van der Waals surface area contributed by atoms with Gasteiger partial charge in [0.1, 0.15) is 0 Å². The van der Waals surface area contributed by atoms with Crippen molar-refractivity contribution in [2.24, 2.45) is 5.92 Å². The Morgan fingerprint density at radius 2 is 1.00 bits per heavy atom. The predicted octanol–water partition coefficient (Wildman–Crippen LogP) is 5.01. The van der Waals surface area contributed by atoms with Crippen molar-refractivity contribution in [3.05, 3.63) is 58.7 Å². The lowest BCUT2D eigenvalue weighted by molar-refractivity contribution is 0.747. The molecule has 112 valence electrons. The molecule has 0 aliphatic rings. The van der Waals surface area contributed by atoms with Crippen LogP contribution in [-0.2, 0) is 0 Å². The summed E-state index contributed by atoms with van der Waals surface area (Å²) in [5.74, 6) is 0.720. The van der Waals surface area contributed by atoms with Crippen LogP contribution in [0.4, 0.5) is 0 Å². The molecular formula is C20H27P. The van der Waals surface area contributed by atoms with E-state index in [9.17, 15) is 0 Å². The maximum atomic E-state index is 2.39. The van der Waals surface area contributed by atoms with E-state index >= 15 is 0 Å². The second-order valence-electron chi connectivity index (χ2n) is 6.70. The predicted molar refractivity (Wildman–Crippen MR) is 97.7 cm³/mol. The summed E-state index contributed by atoms with van der Waals surface area (Å²) in [6.07, 6.45) is 1.26. The van der Waals surface area contributed by atoms with Crippen molar-refractivity contribution in [2.75, 3.05) is 6.16 Å². The number of hydrogen-bond donors (Lipinski definition) is 0. The van der Waals surface area contributed by atoms with Gasteiger partial charge in [0.05, 0.1) is 0 Å². The zero-order chi connectivity index (χ0) is 15.6. The molecule has 2 aromatic rings. The molecule has 0 radical (unpaired) electrons. The third-order valence-corrected chi connectivity index (χ3v) is 6.44. The maximum Gasteiger partial charge on any atom is -0.0190 e. The molecule has 0 heterocycles. The van der Waals surface area contributed by atoms with Crippen LogP contribution >= 0.6 is 7.92 Å². The van der Waals surface area contributed by atoms with Gasteiger partial charge in [0, 0.05) is 0 Å². The Balaban J connectivity index is 2.51. The van der Waals surface area contributed by atoms with Gasteiger partial charge in [-0.1, -0.05) is 72.5 Å². The van der Waals surface area contributed by atoms with Gasteiger partial charge in [0.25, 0.3) is 0 Å². The van der Waals surface area contributed by atoms with E-state index in [1.807, 2.05) is 0 Å². The first-order valence-electron chi connectivity index (χ1n) is 7.79. The summed E-state index contributed by atoms with van der Waals surface area (Å²) in [5.41, 5.74) is 5.52. The zero-order valence-corrected chi connectivity index (χ0v) is 15.1. The highest BCUT2D eigenvalue weighted by atomic mass is 31.1. The van der Waals surface area contributed by atoms with E-state index in [4.69, 9.17) is 0 Å². The van der Waals surface area contributed by atoms with Crippen LogP contribution in [0.3, 0.4) is 0 Å². The molecule has 2 rings (SSSR count). The Bertz CT molecular complexity index is 534. The highest BCUT2D eigenvalue weighted by Gasteiger charge is 2.16. The summed E-state index contributed by atoms with van der Waals surface area (Å²) >= 11 is 0. The van der Waals surface area contributed by atoms with Crippen LogP contribution in [0.2, 0.25) is 0 Å². The minimum Gasteiger partial charge on any atom is -0.0624 e. The molecule has 0 saturated carbocycles. The lowest BCUT2D eigenvalue weighted by Gasteiger charge is -2.22. The molecule has 0 spiro atoms. The Labute approximate surface area is 131 Å². The van der Waals surface area contributed by atoms with Gasteiger partial charge in [0.2, 0.25) is 0 Å². The van der Waals surface area contributed by atoms with Crippen molar-refractivity contribution in [3.8, 4) is 0 Å². The Kier molecular flexibility index (Phi) is 5.22. The molecule has 0 nitrogen and oxygen atoms in total. The van der Waals surface area contributed by atoms with Gasteiger partial charge in [0.15, 0.2) is 0 Å². The molecule has 0 atom stereocenters. The quantitative estimate of drug-likeness (QED) is 0.696. The molecule has 0 aliphatic heterocycles. The van der Waals surface area contributed by atoms with Gasteiger partial charge in [-0.3, -0.25) is 0 Å². The second-order valence-corrected chi connectivity index (χ2v) is 8.95. The Hall–Kier alpha value is -1.13. The first-order valence-corrected chi connectivity index (χ1v) is 9.32.